The van der Waals surface area contributed by atoms with Crippen molar-refractivity contribution >= 4 is 11.9 Å². The smallest absolute Gasteiger partial charge is 0.304 e. The fourth-order valence-corrected chi connectivity index (χ4v) is 2.13. The van der Waals surface area contributed by atoms with Crippen molar-refractivity contribution in [3.63, 3.8) is 0 Å². The minimum absolute atomic E-state index is 0.218. The van der Waals surface area contributed by atoms with Gasteiger partial charge in [-0.05, 0) is 11.1 Å². The van der Waals surface area contributed by atoms with Gasteiger partial charge in [-0.3, -0.25) is 9.59 Å². The predicted octanol–water partition coefficient (Wildman–Crippen LogP) is 2.56. The number of rotatable bonds is 6. The van der Waals surface area contributed by atoms with Gasteiger partial charge < -0.3 is 10.4 Å². The number of carboxylic acid groups (broad SMARTS) is 1. The number of carbonyl (C=O) groups excluding carboxylic acids is 1. The first kappa shape index (κ1) is 14.8. The SMILES string of the molecule is O=C(O)C[C@H](C(=O)NCc1ccccc1)c1ccccc1. The van der Waals surface area contributed by atoms with Crippen molar-refractivity contribution in [3.8, 4) is 0 Å². The molecule has 2 aromatic carbocycles. The molecule has 0 saturated carbocycles. The summed E-state index contributed by atoms with van der Waals surface area (Å²) in [5.41, 5.74) is 1.69. The van der Waals surface area contributed by atoms with E-state index in [9.17, 15) is 9.59 Å². The molecule has 2 rings (SSSR count). The summed E-state index contributed by atoms with van der Waals surface area (Å²) in [7, 11) is 0. The van der Waals surface area contributed by atoms with E-state index in [2.05, 4.69) is 5.32 Å². The highest BCUT2D eigenvalue weighted by Gasteiger charge is 2.23. The van der Waals surface area contributed by atoms with Gasteiger partial charge in [0, 0.05) is 6.54 Å². The van der Waals surface area contributed by atoms with Crippen LogP contribution < -0.4 is 5.32 Å². The lowest BCUT2D eigenvalue weighted by atomic mass is 9.95. The summed E-state index contributed by atoms with van der Waals surface area (Å²) in [4.78, 5) is 23.3. The fraction of sp³-hybridized carbons (Fsp3) is 0.176. The lowest BCUT2D eigenvalue weighted by Gasteiger charge is -2.15. The second kappa shape index (κ2) is 7.24. The summed E-state index contributed by atoms with van der Waals surface area (Å²) in [5.74, 6) is -1.93. The van der Waals surface area contributed by atoms with Crippen molar-refractivity contribution in [1.29, 1.82) is 0 Å². The molecule has 1 amide bonds. The van der Waals surface area contributed by atoms with Crippen LogP contribution in [0, 0.1) is 0 Å². The van der Waals surface area contributed by atoms with Crippen LogP contribution in [0.25, 0.3) is 0 Å². The van der Waals surface area contributed by atoms with Gasteiger partial charge in [-0.1, -0.05) is 60.7 Å². The second-order valence-corrected chi connectivity index (χ2v) is 4.76. The normalized spacial score (nSPS) is 11.6. The molecule has 0 aliphatic rings. The highest BCUT2D eigenvalue weighted by molar-refractivity contribution is 5.87. The van der Waals surface area contributed by atoms with E-state index < -0.39 is 11.9 Å². The molecule has 0 bridgehead atoms. The van der Waals surface area contributed by atoms with Gasteiger partial charge in [0.15, 0.2) is 0 Å². The van der Waals surface area contributed by atoms with Crippen molar-refractivity contribution in [2.24, 2.45) is 0 Å². The van der Waals surface area contributed by atoms with E-state index in [0.717, 1.165) is 5.56 Å². The number of nitrogens with one attached hydrogen (secondary N) is 1. The molecule has 0 fully saturated rings. The molecule has 0 aliphatic heterocycles. The van der Waals surface area contributed by atoms with Gasteiger partial charge in [0.05, 0.1) is 12.3 Å². The zero-order chi connectivity index (χ0) is 15.1. The topological polar surface area (TPSA) is 66.4 Å². The molecule has 0 aliphatic carbocycles. The molecule has 21 heavy (non-hydrogen) atoms. The van der Waals surface area contributed by atoms with Gasteiger partial charge in [0.2, 0.25) is 5.91 Å². The Morgan fingerprint density at radius 3 is 2.10 bits per heavy atom. The summed E-state index contributed by atoms with van der Waals surface area (Å²) < 4.78 is 0. The van der Waals surface area contributed by atoms with Crippen molar-refractivity contribution in [3.05, 3.63) is 71.8 Å². The Morgan fingerprint density at radius 2 is 1.52 bits per heavy atom. The molecule has 1 atom stereocenters. The van der Waals surface area contributed by atoms with Crippen LogP contribution >= 0.6 is 0 Å². The first-order chi connectivity index (χ1) is 10.2. The number of carbonyl (C=O) groups is 2. The number of hydrogen-bond acceptors (Lipinski definition) is 2. The van der Waals surface area contributed by atoms with Crippen LogP contribution in [0.1, 0.15) is 23.5 Å². The molecule has 4 heteroatoms. The molecule has 4 nitrogen and oxygen atoms in total. The Hall–Kier alpha value is -2.62. The first-order valence-corrected chi connectivity index (χ1v) is 6.75. The van der Waals surface area contributed by atoms with E-state index in [0.29, 0.717) is 12.1 Å². The van der Waals surface area contributed by atoms with E-state index in [4.69, 9.17) is 5.11 Å². The van der Waals surface area contributed by atoms with Gasteiger partial charge in [-0.2, -0.15) is 0 Å². The molecule has 108 valence electrons. The number of benzene rings is 2. The predicted molar refractivity (Wildman–Crippen MR) is 79.7 cm³/mol. The van der Waals surface area contributed by atoms with Crippen LogP contribution in [0.2, 0.25) is 0 Å². The Bertz CT molecular complexity index is 596. The number of hydrogen-bond donors (Lipinski definition) is 2. The number of aliphatic carboxylic acids is 1. The van der Waals surface area contributed by atoms with E-state index in [1.807, 2.05) is 36.4 Å². The summed E-state index contributed by atoms with van der Waals surface area (Å²) in [6.07, 6.45) is -0.218. The van der Waals surface area contributed by atoms with Gasteiger partial charge in [-0.25, -0.2) is 0 Å². The van der Waals surface area contributed by atoms with Crippen LogP contribution in [-0.2, 0) is 16.1 Å². The van der Waals surface area contributed by atoms with Crippen molar-refractivity contribution in [2.45, 2.75) is 18.9 Å². The minimum Gasteiger partial charge on any atom is -0.481 e. The maximum atomic E-state index is 12.3. The Labute approximate surface area is 123 Å². The summed E-state index contributed by atoms with van der Waals surface area (Å²) in [6.45, 7) is 0.391. The van der Waals surface area contributed by atoms with Crippen LogP contribution in [0.15, 0.2) is 60.7 Å². The van der Waals surface area contributed by atoms with Crippen LogP contribution in [-0.4, -0.2) is 17.0 Å². The third kappa shape index (κ3) is 4.45. The van der Waals surface area contributed by atoms with E-state index in [-0.39, 0.29) is 12.3 Å². The average molecular weight is 283 g/mol. The maximum Gasteiger partial charge on any atom is 0.304 e. The van der Waals surface area contributed by atoms with Gasteiger partial charge in [-0.15, -0.1) is 0 Å². The van der Waals surface area contributed by atoms with E-state index in [1.54, 1.807) is 24.3 Å². The molecule has 0 heterocycles. The lowest BCUT2D eigenvalue weighted by molar-refractivity contribution is -0.139. The first-order valence-electron chi connectivity index (χ1n) is 6.75. The summed E-state index contributed by atoms with van der Waals surface area (Å²) in [5, 5.41) is 11.8. The highest BCUT2D eigenvalue weighted by atomic mass is 16.4. The second-order valence-electron chi connectivity index (χ2n) is 4.76. The standard InChI is InChI=1S/C17H17NO3/c19-16(20)11-15(14-9-5-2-6-10-14)17(21)18-12-13-7-3-1-4-8-13/h1-10,15H,11-12H2,(H,18,21)(H,19,20)/t15-/m0/s1. The molecule has 0 saturated heterocycles. The van der Waals surface area contributed by atoms with Crippen molar-refractivity contribution in [2.75, 3.05) is 0 Å². The summed E-state index contributed by atoms with van der Waals surface area (Å²) in [6, 6.07) is 18.5. The minimum atomic E-state index is -0.987. The molecule has 2 aromatic rings. The zero-order valence-electron chi connectivity index (χ0n) is 11.5. The largest absolute Gasteiger partial charge is 0.481 e. The molecule has 0 aromatic heterocycles. The Morgan fingerprint density at radius 1 is 0.952 bits per heavy atom. The van der Waals surface area contributed by atoms with Crippen molar-refractivity contribution < 1.29 is 14.7 Å². The molecule has 0 unspecified atom stereocenters. The highest BCUT2D eigenvalue weighted by Crippen LogP contribution is 2.20. The number of carboxylic acids is 1. The zero-order valence-corrected chi connectivity index (χ0v) is 11.5. The molecule has 0 spiro atoms. The van der Waals surface area contributed by atoms with Crippen LogP contribution in [0.3, 0.4) is 0 Å². The Kier molecular flexibility index (Phi) is 5.10. The lowest BCUT2D eigenvalue weighted by Crippen LogP contribution is -2.30. The summed E-state index contributed by atoms with van der Waals surface area (Å²) >= 11 is 0. The number of amides is 1. The monoisotopic (exact) mass is 283 g/mol. The fourth-order valence-electron chi connectivity index (χ4n) is 2.13. The van der Waals surface area contributed by atoms with Gasteiger partial charge in [0.25, 0.3) is 0 Å². The van der Waals surface area contributed by atoms with Gasteiger partial charge >= 0.3 is 5.97 Å². The maximum absolute atomic E-state index is 12.3. The molecule has 2 N–H and O–H groups in total. The van der Waals surface area contributed by atoms with E-state index >= 15 is 0 Å². The molecule has 0 radical (unpaired) electrons. The van der Waals surface area contributed by atoms with Crippen molar-refractivity contribution in [1.82, 2.24) is 5.32 Å². The molecular formula is C17H17NO3. The third-order valence-electron chi connectivity index (χ3n) is 3.21. The van der Waals surface area contributed by atoms with E-state index in [1.165, 1.54) is 0 Å². The van der Waals surface area contributed by atoms with Crippen LogP contribution in [0.5, 0.6) is 0 Å². The quantitative estimate of drug-likeness (QED) is 0.856. The third-order valence-corrected chi connectivity index (χ3v) is 3.21. The molecular weight excluding hydrogens is 266 g/mol. The average Bonchev–Trinajstić information content (AvgIpc) is 2.52. The van der Waals surface area contributed by atoms with Crippen LogP contribution in [0.4, 0.5) is 0 Å². The Balaban J connectivity index is 2.06. The van der Waals surface area contributed by atoms with Gasteiger partial charge in [0.1, 0.15) is 0 Å².